The van der Waals surface area contributed by atoms with Gasteiger partial charge in [-0.1, -0.05) is 12.1 Å². The van der Waals surface area contributed by atoms with Gasteiger partial charge in [-0.15, -0.1) is 0 Å². The highest BCUT2D eigenvalue weighted by atomic mass is 16.6. The Morgan fingerprint density at radius 3 is 2.25 bits per heavy atom. The quantitative estimate of drug-likeness (QED) is 0.630. The molecule has 0 atom stereocenters. The monoisotopic (exact) mass is 331 g/mol. The van der Waals surface area contributed by atoms with E-state index in [4.69, 9.17) is 5.11 Å². The molecule has 0 saturated carbocycles. The number of carbonyl (C=O) groups is 2. The molecule has 2 aromatic carbocycles. The lowest BCUT2D eigenvalue weighted by Crippen LogP contribution is -2.17. The van der Waals surface area contributed by atoms with Crippen LogP contribution in [0.4, 0.5) is 17.1 Å². The number of hydrogen-bond acceptors (Lipinski definition) is 6. The van der Waals surface area contributed by atoms with E-state index >= 15 is 0 Å². The second kappa shape index (κ2) is 6.52. The number of amides is 1. The zero-order valence-electron chi connectivity index (χ0n) is 11.8. The van der Waals surface area contributed by atoms with E-state index in [1.807, 2.05) is 0 Å². The van der Waals surface area contributed by atoms with Gasteiger partial charge in [-0.25, -0.2) is 4.79 Å². The van der Waals surface area contributed by atoms with E-state index in [0.717, 1.165) is 18.2 Å². The van der Waals surface area contributed by atoms with Gasteiger partial charge in [-0.3, -0.25) is 25.0 Å². The number of nitrogens with zero attached hydrogens (tertiary/aromatic N) is 2. The molecule has 0 aliphatic heterocycles. The molecule has 10 nitrogen and oxygen atoms in total. The lowest BCUT2D eigenvalue weighted by molar-refractivity contribution is -0.385. The number of carbonyl (C=O) groups excluding carboxylic acids is 1. The second-order valence-corrected chi connectivity index (χ2v) is 4.52. The number of rotatable bonds is 5. The van der Waals surface area contributed by atoms with Gasteiger partial charge in [0, 0.05) is 23.9 Å². The Labute approximate surface area is 133 Å². The van der Waals surface area contributed by atoms with Gasteiger partial charge in [0.2, 0.25) is 0 Å². The van der Waals surface area contributed by atoms with E-state index < -0.39 is 38.5 Å². The number of carboxylic acids is 1. The van der Waals surface area contributed by atoms with Crippen LogP contribution < -0.4 is 5.32 Å². The van der Waals surface area contributed by atoms with Gasteiger partial charge in [0.15, 0.2) is 0 Å². The van der Waals surface area contributed by atoms with Crippen molar-refractivity contribution in [1.82, 2.24) is 0 Å². The molecule has 2 aromatic rings. The lowest BCUT2D eigenvalue weighted by atomic mass is 10.0. The molecule has 0 radical (unpaired) electrons. The number of nitrogens with one attached hydrogen (secondary N) is 1. The molecule has 0 spiro atoms. The van der Waals surface area contributed by atoms with Crippen molar-refractivity contribution < 1.29 is 24.5 Å². The zero-order valence-corrected chi connectivity index (χ0v) is 11.8. The first-order valence-electron chi connectivity index (χ1n) is 6.37. The van der Waals surface area contributed by atoms with Gasteiger partial charge in [-0.05, 0) is 12.1 Å². The summed E-state index contributed by atoms with van der Waals surface area (Å²) in [5.74, 6) is -2.57. The molecule has 2 rings (SSSR count). The van der Waals surface area contributed by atoms with Crippen molar-refractivity contribution in [1.29, 1.82) is 0 Å². The largest absolute Gasteiger partial charge is 0.477 e. The van der Waals surface area contributed by atoms with Crippen LogP contribution in [0.5, 0.6) is 0 Å². The van der Waals surface area contributed by atoms with E-state index in [-0.39, 0.29) is 11.4 Å². The Kier molecular flexibility index (Phi) is 4.50. The third-order valence-corrected chi connectivity index (χ3v) is 3.01. The van der Waals surface area contributed by atoms with Gasteiger partial charge < -0.3 is 10.4 Å². The van der Waals surface area contributed by atoms with E-state index in [0.29, 0.717) is 0 Å². The molecule has 0 unspecified atom stereocenters. The second-order valence-electron chi connectivity index (χ2n) is 4.52. The van der Waals surface area contributed by atoms with Gasteiger partial charge in [0.1, 0.15) is 5.56 Å². The van der Waals surface area contributed by atoms with Gasteiger partial charge in [0.25, 0.3) is 17.3 Å². The van der Waals surface area contributed by atoms with Crippen LogP contribution in [0, 0.1) is 20.2 Å². The molecule has 24 heavy (non-hydrogen) atoms. The van der Waals surface area contributed by atoms with Gasteiger partial charge in [0.05, 0.1) is 15.4 Å². The molecular formula is C14H9N3O7. The summed E-state index contributed by atoms with van der Waals surface area (Å²) in [4.78, 5) is 43.6. The van der Waals surface area contributed by atoms with Crippen LogP contribution in [0.25, 0.3) is 0 Å². The predicted molar refractivity (Wildman–Crippen MR) is 81.1 cm³/mol. The maximum absolute atomic E-state index is 12.2. The normalized spacial score (nSPS) is 10.0. The van der Waals surface area contributed by atoms with Crippen LogP contribution in [0.15, 0.2) is 42.5 Å². The molecule has 0 aliphatic rings. The molecule has 1 amide bonds. The number of nitro groups is 2. The van der Waals surface area contributed by atoms with Crippen LogP contribution in [-0.4, -0.2) is 26.8 Å². The third-order valence-electron chi connectivity index (χ3n) is 3.01. The Bertz CT molecular complexity index is 863. The molecule has 0 heterocycles. The van der Waals surface area contributed by atoms with Crippen molar-refractivity contribution in [2.75, 3.05) is 5.32 Å². The summed E-state index contributed by atoms with van der Waals surface area (Å²) in [6.07, 6.45) is 0. The van der Waals surface area contributed by atoms with Crippen molar-refractivity contribution >= 4 is 28.9 Å². The van der Waals surface area contributed by atoms with E-state index in [1.165, 1.54) is 24.3 Å². The first-order valence-corrected chi connectivity index (χ1v) is 6.37. The van der Waals surface area contributed by atoms with Crippen LogP contribution in [0.2, 0.25) is 0 Å². The summed E-state index contributed by atoms with van der Waals surface area (Å²) in [5.41, 5.74) is -2.13. The minimum absolute atomic E-state index is 0.0528. The molecule has 2 N–H and O–H groups in total. The average Bonchev–Trinajstić information content (AvgIpc) is 2.54. The molecule has 0 aliphatic carbocycles. The van der Waals surface area contributed by atoms with Crippen molar-refractivity contribution in [3.05, 3.63) is 73.8 Å². The maximum Gasteiger partial charge on any atom is 0.343 e. The first-order chi connectivity index (χ1) is 11.3. The Morgan fingerprint density at radius 1 is 1.00 bits per heavy atom. The Balaban J connectivity index is 2.42. The lowest BCUT2D eigenvalue weighted by Gasteiger charge is -2.08. The van der Waals surface area contributed by atoms with Crippen LogP contribution in [-0.2, 0) is 0 Å². The van der Waals surface area contributed by atoms with E-state index in [9.17, 15) is 29.8 Å². The summed E-state index contributed by atoms with van der Waals surface area (Å²) < 4.78 is 0. The number of carboxylic acid groups (broad SMARTS) is 1. The highest BCUT2D eigenvalue weighted by molar-refractivity contribution is 6.12. The molecule has 0 fully saturated rings. The Morgan fingerprint density at radius 2 is 1.67 bits per heavy atom. The summed E-state index contributed by atoms with van der Waals surface area (Å²) in [7, 11) is 0. The first kappa shape index (κ1) is 16.5. The molecule has 0 aromatic heterocycles. The predicted octanol–water partition coefficient (Wildman–Crippen LogP) is 2.45. The van der Waals surface area contributed by atoms with Crippen LogP contribution in [0.3, 0.4) is 0 Å². The van der Waals surface area contributed by atoms with Gasteiger partial charge in [-0.2, -0.15) is 0 Å². The Hall–Kier alpha value is -3.82. The van der Waals surface area contributed by atoms with E-state index in [2.05, 4.69) is 5.32 Å². The van der Waals surface area contributed by atoms with Crippen molar-refractivity contribution in [2.45, 2.75) is 0 Å². The molecule has 122 valence electrons. The van der Waals surface area contributed by atoms with Crippen molar-refractivity contribution in [2.24, 2.45) is 0 Å². The maximum atomic E-state index is 12.2. The summed E-state index contributed by atoms with van der Waals surface area (Å²) >= 11 is 0. The molecule has 0 saturated heterocycles. The van der Waals surface area contributed by atoms with E-state index in [1.54, 1.807) is 0 Å². The van der Waals surface area contributed by atoms with Crippen molar-refractivity contribution in [3.8, 4) is 0 Å². The van der Waals surface area contributed by atoms with Crippen LogP contribution >= 0.6 is 0 Å². The van der Waals surface area contributed by atoms with Gasteiger partial charge >= 0.3 is 5.97 Å². The van der Waals surface area contributed by atoms with Crippen LogP contribution in [0.1, 0.15) is 20.7 Å². The molecule has 10 heteroatoms. The fourth-order valence-corrected chi connectivity index (χ4v) is 2.00. The number of aromatic carboxylic acids is 1. The summed E-state index contributed by atoms with van der Waals surface area (Å²) in [5, 5.41) is 33.1. The zero-order chi connectivity index (χ0) is 17.9. The highest BCUT2D eigenvalue weighted by Crippen LogP contribution is 2.24. The minimum Gasteiger partial charge on any atom is -0.477 e. The SMILES string of the molecule is O=C(Nc1cccc([N+](=O)[O-])c1)c1cccc([N+](=O)[O-])c1C(=O)O. The smallest absolute Gasteiger partial charge is 0.343 e. The minimum atomic E-state index is -1.63. The highest BCUT2D eigenvalue weighted by Gasteiger charge is 2.27. The number of non-ortho nitro benzene ring substituents is 1. The molecular weight excluding hydrogens is 322 g/mol. The average molecular weight is 331 g/mol. The summed E-state index contributed by atoms with van der Waals surface area (Å²) in [6.45, 7) is 0. The third kappa shape index (κ3) is 3.32. The number of anilines is 1. The fraction of sp³-hybridized carbons (Fsp3) is 0. The summed E-state index contributed by atoms with van der Waals surface area (Å²) in [6, 6.07) is 8.24. The number of nitro benzene ring substituents is 2. The fourth-order valence-electron chi connectivity index (χ4n) is 2.00. The topological polar surface area (TPSA) is 153 Å². The molecule has 0 bridgehead atoms. The number of benzene rings is 2. The number of hydrogen-bond donors (Lipinski definition) is 2. The van der Waals surface area contributed by atoms with Crippen molar-refractivity contribution in [3.63, 3.8) is 0 Å². The standard InChI is InChI=1S/C14H9N3O7/c18-13(15-8-3-1-4-9(7-8)16(21)22)10-5-2-6-11(17(23)24)12(10)14(19)20/h1-7H,(H,15,18)(H,19,20).